The van der Waals surface area contributed by atoms with Crippen LogP contribution in [-0.4, -0.2) is 78.0 Å². The minimum Gasteiger partial charge on any atom is -0.334 e. The molecule has 6 heteroatoms. The van der Waals surface area contributed by atoms with Crippen LogP contribution in [0, 0.1) is 0 Å². The summed E-state index contributed by atoms with van der Waals surface area (Å²) in [4.78, 5) is 19.3. The van der Waals surface area contributed by atoms with Crippen molar-refractivity contribution in [3.05, 3.63) is 35.4 Å². The van der Waals surface area contributed by atoms with Gasteiger partial charge in [0, 0.05) is 58.1 Å². The zero-order valence-corrected chi connectivity index (χ0v) is 16.8. The SMILES string of the molecule is CCN1CCN(Cc2ccc(CNC(=O)N3CCCSCC3)cc2)CC1. The monoisotopic (exact) mass is 376 g/mol. The van der Waals surface area contributed by atoms with Gasteiger partial charge in [-0.2, -0.15) is 11.8 Å². The molecule has 1 aromatic rings. The van der Waals surface area contributed by atoms with Gasteiger partial charge in [0.25, 0.3) is 0 Å². The predicted molar refractivity (Wildman–Crippen MR) is 110 cm³/mol. The van der Waals surface area contributed by atoms with Gasteiger partial charge in [0.1, 0.15) is 0 Å². The molecule has 0 saturated carbocycles. The third kappa shape index (κ3) is 5.89. The summed E-state index contributed by atoms with van der Waals surface area (Å²) >= 11 is 1.94. The van der Waals surface area contributed by atoms with Crippen LogP contribution in [0.15, 0.2) is 24.3 Å². The number of nitrogens with zero attached hydrogens (tertiary/aromatic N) is 3. The van der Waals surface area contributed by atoms with Gasteiger partial charge in [-0.05, 0) is 29.8 Å². The molecule has 1 N–H and O–H groups in total. The van der Waals surface area contributed by atoms with Crippen LogP contribution < -0.4 is 5.32 Å². The Kier molecular flexibility index (Phi) is 7.65. The lowest BCUT2D eigenvalue weighted by Gasteiger charge is -2.34. The third-order valence-electron chi connectivity index (χ3n) is 5.29. The van der Waals surface area contributed by atoms with Crippen molar-refractivity contribution in [2.24, 2.45) is 0 Å². The summed E-state index contributed by atoms with van der Waals surface area (Å²) in [5, 5.41) is 3.07. The second-order valence-electron chi connectivity index (χ2n) is 7.14. The Morgan fingerprint density at radius 2 is 1.65 bits per heavy atom. The number of benzene rings is 1. The Balaban J connectivity index is 1.42. The molecule has 0 radical (unpaired) electrons. The van der Waals surface area contributed by atoms with E-state index in [-0.39, 0.29) is 6.03 Å². The van der Waals surface area contributed by atoms with E-state index in [0.717, 1.165) is 51.4 Å². The molecule has 2 amide bonds. The van der Waals surface area contributed by atoms with Gasteiger partial charge >= 0.3 is 6.03 Å². The molecule has 3 rings (SSSR count). The number of amides is 2. The van der Waals surface area contributed by atoms with Crippen molar-refractivity contribution >= 4 is 17.8 Å². The molecule has 2 saturated heterocycles. The van der Waals surface area contributed by atoms with E-state index in [4.69, 9.17) is 0 Å². The standard InChI is InChI=1S/C20H32N4OS/c1-2-22-9-11-23(12-10-22)17-19-6-4-18(5-7-19)16-21-20(25)24-8-3-14-26-15-13-24/h4-7H,2-3,8-17H2,1H3,(H,21,25). The van der Waals surface area contributed by atoms with Gasteiger partial charge in [-0.15, -0.1) is 0 Å². The Labute approximate surface area is 162 Å². The number of thioether (sulfide) groups is 1. The van der Waals surface area contributed by atoms with Crippen LogP contribution in [0.25, 0.3) is 0 Å². The van der Waals surface area contributed by atoms with E-state index in [1.54, 1.807) is 0 Å². The first-order valence-electron chi connectivity index (χ1n) is 9.87. The van der Waals surface area contributed by atoms with Crippen LogP contribution in [0.4, 0.5) is 4.79 Å². The summed E-state index contributed by atoms with van der Waals surface area (Å²) in [6.45, 7) is 11.4. The average Bonchev–Trinajstić information content (AvgIpc) is 2.97. The van der Waals surface area contributed by atoms with Gasteiger partial charge in [0.2, 0.25) is 0 Å². The topological polar surface area (TPSA) is 38.8 Å². The number of piperazine rings is 1. The maximum absolute atomic E-state index is 12.3. The predicted octanol–water partition coefficient (Wildman–Crippen LogP) is 2.47. The molecule has 26 heavy (non-hydrogen) atoms. The zero-order chi connectivity index (χ0) is 18.2. The zero-order valence-electron chi connectivity index (χ0n) is 16.0. The van der Waals surface area contributed by atoms with Gasteiger partial charge < -0.3 is 15.1 Å². The quantitative estimate of drug-likeness (QED) is 0.857. The van der Waals surface area contributed by atoms with Crippen LogP contribution in [-0.2, 0) is 13.1 Å². The summed E-state index contributed by atoms with van der Waals surface area (Å²) < 4.78 is 0. The highest BCUT2D eigenvalue weighted by molar-refractivity contribution is 7.99. The fraction of sp³-hybridized carbons (Fsp3) is 0.650. The van der Waals surface area contributed by atoms with E-state index in [1.165, 1.54) is 30.0 Å². The highest BCUT2D eigenvalue weighted by Gasteiger charge is 2.16. The lowest BCUT2D eigenvalue weighted by Crippen LogP contribution is -2.45. The van der Waals surface area contributed by atoms with E-state index < -0.39 is 0 Å². The molecule has 1 aromatic carbocycles. The summed E-state index contributed by atoms with van der Waals surface area (Å²) in [6.07, 6.45) is 1.10. The number of nitrogens with one attached hydrogen (secondary N) is 1. The number of hydrogen-bond acceptors (Lipinski definition) is 4. The first kappa shape index (κ1) is 19.5. The first-order chi connectivity index (χ1) is 12.7. The minimum absolute atomic E-state index is 0.0744. The number of likely N-dealkylation sites (N-methyl/N-ethyl adjacent to an activating group) is 1. The van der Waals surface area contributed by atoms with E-state index in [0.29, 0.717) is 6.54 Å². The Morgan fingerprint density at radius 1 is 0.962 bits per heavy atom. The number of carbonyl (C=O) groups excluding carboxylic acids is 1. The van der Waals surface area contributed by atoms with Crippen molar-refractivity contribution in [2.45, 2.75) is 26.4 Å². The smallest absolute Gasteiger partial charge is 0.317 e. The fourth-order valence-corrected chi connectivity index (χ4v) is 4.41. The number of carbonyl (C=O) groups is 1. The summed E-state index contributed by atoms with van der Waals surface area (Å²) in [7, 11) is 0. The first-order valence-corrected chi connectivity index (χ1v) is 11.0. The van der Waals surface area contributed by atoms with Crippen LogP contribution in [0.1, 0.15) is 24.5 Å². The summed E-state index contributed by atoms with van der Waals surface area (Å²) in [6, 6.07) is 8.78. The van der Waals surface area contributed by atoms with E-state index in [1.807, 2.05) is 16.7 Å². The lowest BCUT2D eigenvalue weighted by molar-refractivity contribution is 0.132. The van der Waals surface area contributed by atoms with Crippen molar-refractivity contribution in [1.29, 1.82) is 0 Å². The molecule has 0 spiro atoms. The van der Waals surface area contributed by atoms with Crippen LogP contribution in [0.5, 0.6) is 0 Å². The van der Waals surface area contributed by atoms with Crippen molar-refractivity contribution in [3.63, 3.8) is 0 Å². The molecule has 0 aliphatic carbocycles. The van der Waals surface area contributed by atoms with Crippen LogP contribution in [0.2, 0.25) is 0 Å². The van der Waals surface area contributed by atoms with Crippen LogP contribution in [0.3, 0.4) is 0 Å². The molecule has 2 aliphatic heterocycles. The molecule has 144 valence electrons. The van der Waals surface area contributed by atoms with Crippen LogP contribution >= 0.6 is 11.8 Å². The Hall–Kier alpha value is -1.24. The van der Waals surface area contributed by atoms with Crippen molar-refractivity contribution in [1.82, 2.24) is 20.0 Å². The van der Waals surface area contributed by atoms with E-state index in [2.05, 4.69) is 46.3 Å². The molecule has 5 nitrogen and oxygen atoms in total. The largest absolute Gasteiger partial charge is 0.334 e. The number of urea groups is 1. The number of hydrogen-bond donors (Lipinski definition) is 1. The molecule has 0 bridgehead atoms. The van der Waals surface area contributed by atoms with Gasteiger partial charge in [0.15, 0.2) is 0 Å². The maximum atomic E-state index is 12.3. The van der Waals surface area contributed by atoms with Gasteiger partial charge in [-0.25, -0.2) is 4.79 Å². The molecular formula is C20H32N4OS. The summed E-state index contributed by atoms with van der Waals surface area (Å²) in [5.41, 5.74) is 2.52. The van der Waals surface area contributed by atoms with E-state index >= 15 is 0 Å². The molecule has 2 heterocycles. The average molecular weight is 377 g/mol. The lowest BCUT2D eigenvalue weighted by atomic mass is 10.1. The Bertz CT molecular complexity index is 549. The molecule has 2 fully saturated rings. The fourth-order valence-electron chi connectivity index (χ4n) is 3.52. The summed E-state index contributed by atoms with van der Waals surface area (Å²) in [5.74, 6) is 2.22. The third-order valence-corrected chi connectivity index (χ3v) is 6.34. The molecule has 0 atom stereocenters. The molecule has 0 unspecified atom stereocenters. The van der Waals surface area contributed by atoms with Crippen molar-refractivity contribution in [2.75, 3.05) is 57.3 Å². The van der Waals surface area contributed by atoms with Gasteiger partial charge in [-0.3, -0.25) is 4.90 Å². The number of rotatable bonds is 5. The molecule has 0 aromatic heterocycles. The second-order valence-corrected chi connectivity index (χ2v) is 8.36. The highest BCUT2D eigenvalue weighted by Crippen LogP contribution is 2.12. The van der Waals surface area contributed by atoms with Gasteiger partial charge in [0.05, 0.1) is 0 Å². The maximum Gasteiger partial charge on any atom is 0.317 e. The second kappa shape index (κ2) is 10.2. The van der Waals surface area contributed by atoms with Crippen molar-refractivity contribution in [3.8, 4) is 0 Å². The minimum atomic E-state index is 0.0744. The highest BCUT2D eigenvalue weighted by atomic mass is 32.2. The van der Waals surface area contributed by atoms with E-state index in [9.17, 15) is 4.79 Å². The molecular weight excluding hydrogens is 344 g/mol. The normalized spacial score (nSPS) is 20.0. The van der Waals surface area contributed by atoms with Crippen molar-refractivity contribution < 1.29 is 4.79 Å². The van der Waals surface area contributed by atoms with Gasteiger partial charge in [-0.1, -0.05) is 31.2 Å². The Morgan fingerprint density at radius 3 is 2.38 bits per heavy atom. The molecule has 2 aliphatic rings.